The van der Waals surface area contributed by atoms with Crippen molar-refractivity contribution in [2.45, 2.75) is 12.8 Å². The standard InChI is InChI=1S/C21H18Cl2N2/c1-24-11-9-18-19-14-17(23)6-7-20(19)25(21(18)10-12-24)13-8-15-2-4-16(22)5-3-15/h2-7,14H,9-12H2,1H3. The van der Waals surface area contributed by atoms with Crippen molar-refractivity contribution in [2.75, 3.05) is 20.1 Å². The molecule has 0 atom stereocenters. The Hall–Kier alpha value is -1.92. The summed E-state index contributed by atoms with van der Waals surface area (Å²) >= 11 is 12.2. The molecule has 0 saturated heterocycles. The topological polar surface area (TPSA) is 8.17 Å². The van der Waals surface area contributed by atoms with Gasteiger partial charge in [0.2, 0.25) is 0 Å². The van der Waals surface area contributed by atoms with Crippen LogP contribution in [0, 0.1) is 12.0 Å². The van der Waals surface area contributed by atoms with Gasteiger partial charge in [-0.2, -0.15) is 0 Å². The van der Waals surface area contributed by atoms with Crippen molar-refractivity contribution in [1.29, 1.82) is 0 Å². The first-order valence-electron chi connectivity index (χ1n) is 8.39. The molecule has 126 valence electrons. The van der Waals surface area contributed by atoms with Gasteiger partial charge in [0, 0.05) is 52.2 Å². The second kappa shape index (κ2) is 6.77. The van der Waals surface area contributed by atoms with E-state index in [0.29, 0.717) is 0 Å². The number of fused-ring (bicyclic) bond motifs is 3. The van der Waals surface area contributed by atoms with E-state index < -0.39 is 0 Å². The molecule has 0 spiro atoms. The van der Waals surface area contributed by atoms with Crippen molar-refractivity contribution in [3.05, 3.63) is 69.3 Å². The molecular weight excluding hydrogens is 351 g/mol. The number of hydrogen-bond acceptors (Lipinski definition) is 1. The number of hydrogen-bond donors (Lipinski definition) is 0. The second-order valence-electron chi connectivity index (χ2n) is 6.47. The Morgan fingerprint density at radius 2 is 1.64 bits per heavy atom. The van der Waals surface area contributed by atoms with Crippen LogP contribution >= 0.6 is 23.2 Å². The maximum Gasteiger partial charge on any atom is 0.0618 e. The van der Waals surface area contributed by atoms with Crippen molar-refractivity contribution in [3.63, 3.8) is 0 Å². The number of rotatable bonds is 0. The van der Waals surface area contributed by atoms with Gasteiger partial charge in [-0.3, -0.25) is 4.57 Å². The average molecular weight is 369 g/mol. The van der Waals surface area contributed by atoms with E-state index in [1.807, 2.05) is 30.3 Å². The second-order valence-corrected chi connectivity index (χ2v) is 7.34. The lowest BCUT2D eigenvalue weighted by molar-refractivity contribution is 0.351. The van der Waals surface area contributed by atoms with E-state index >= 15 is 0 Å². The van der Waals surface area contributed by atoms with Crippen LogP contribution in [-0.2, 0) is 12.8 Å². The number of likely N-dealkylation sites (N-methyl/N-ethyl adjacent to an activating group) is 1. The van der Waals surface area contributed by atoms with Crippen LogP contribution < -0.4 is 0 Å². The molecular formula is C21H18Cl2N2. The smallest absolute Gasteiger partial charge is 0.0618 e. The predicted octanol–water partition coefficient (Wildman–Crippen LogP) is 4.84. The first kappa shape index (κ1) is 16.5. The monoisotopic (exact) mass is 368 g/mol. The Morgan fingerprint density at radius 1 is 0.920 bits per heavy atom. The lowest BCUT2D eigenvalue weighted by Crippen LogP contribution is -2.21. The minimum Gasteiger partial charge on any atom is -0.306 e. The number of aromatic nitrogens is 1. The minimum atomic E-state index is 0.725. The molecule has 0 fully saturated rings. The van der Waals surface area contributed by atoms with E-state index in [-0.39, 0.29) is 0 Å². The van der Waals surface area contributed by atoms with Gasteiger partial charge in [0.25, 0.3) is 0 Å². The Kier molecular flexibility index (Phi) is 4.48. The zero-order valence-electron chi connectivity index (χ0n) is 14.0. The summed E-state index contributed by atoms with van der Waals surface area (Å²) < 4.78 is 2.15. The van der Waals surface area contributed by atoms with Crippen LogP contribution in [0.5, 0.6) is 0 Å². The fraction of sp³-hybridized carbons (Fsp3) is 0.238. The van der Waals surface area contributed by atoms with Gasteiger partial charge in [-0.25, -0.2) is 0 Å². The molecule has 3 aromatic rings. The van der Waals surface area contributed by atoms with Gasteiger partial charge in [0.1, 0.15) is 0 Å². The van der Waals surface area contributed by atoms with E-state index in [1.54, 1.807) is 0 Å². The van der Waals surface area contributed by atoms with Crippen molar-refractivity contribution in [2.24, 2.45) is 0 Å². The fourth-order valence-electron chi connectivity index (χ4n) is 3.42. The lowest BCUT2D eigenvalue weighted by Gasteiger charge is -2.12. The largest absolute Gasteiger partial charge is 0.306 e. The molecule has 0 aliphatic carbocycles. The van der Waals surface area contributed by atoms with Crippen molar-refractivity contribution < 1.29 is 0 Å². The fourth-order valence-corrected chi connectivity index (χ4v) is 3.71. The van der Waals surface area contributed by atoms with E-state index in [1.165, 1.54) is 16.6 Å². The highest BCUT2D eigenvalue weighted by atomic mass is 35.5. The normalized spacial score (nSPS) is 14.7. The molecule has 1 aliphatic heterocycles. The van der Waals surface area contributed by atoms with E-state index in [2.05, 4.69) is 40.6 Å². The molecule has 0 radical (unpaired) electrons. The van der Waals surface area contributed by atoms with Crippen LogP contribution in [0.25, 0.3) is 10.9 Å². The van der Waals surface area contributed by atoms with Crippen LogP contribution in [0.1, 0.15) is 16.8 Å². The molecule has 0 saturated carbocycles. The molecule has 0 N–H and O–H groups in total. The van der Waals surface area contributed by atoms with Crippen LogP contribution in [-0.4, -0.2) is 29.6 Å². The molecule has 2 heterocycles. The van der Waals surface area contributed by atoms with Crippen molar-refractivity contribution >= 4 is 34.1 Å². The van der Waals surface area contributed by atoms with Gasteiger partial charge < -0.3 is 4.90 Å². The maximum absolute atomic E-state index is 6.26. The van der Waals surface area contributed by atoms with Crippen LogP contribution in [0.3, 0.4) is 0 Å². The summed E-state index contributed by atoms with van der Waals surface area (Å²) in [5, 5.41) is 2.72. The van der Waals surface area contributed by atoms with E-state index in [9.17, 15) is 0 Å². The molecule has 25 heavy (non-hydrogen) atoms. The third kappa shape index (κ3) is 3.28. The third-order valence-electron chi connectivity index (χ3n) is 4.77. The molecule has 2 nitrogen and oxygen atoms in total. The first-order valence-corrected chi connectivity index (χ1v) is 9.15. The van der Waals surface area contributed by atoms with E-state index in [0.717, 1.165) is 47.1 Å². The van der Waals surface area contributed by atoms with Crippen LogP contribution in [0.15, 0.2) is 42.5 Å². The summed E-state index contributed by atoms with van der Waals surface area (Å²) in [6.07, 6.45) is 2.02. The van der Waals surface area contributed by atoms with Gasteiger partial charge in [-0.1, -0.05) is 23.2 Å². The van der Waals surface area contributed by atoms with Gasteiger partial charge in [-0.15, -0.1) is 0 Å². The maximum atomic E-state index is 6.26. The Bertz CT molecular complexity index is 991. The summed E-state index contributed by atoms with van der Waals surface area (Å²) in [5.41, 5.74) is 4.79. The molecule has 2 aromatic carbocycles. The average Bonchev–Trinajstić information content (AvgIpc) is 2.75. The SMILES string of the molecule is CN1CCc2c(n(C#Cc3ccc(Cl)cc3)c3ccc(Cl)cc23)CC1. The molecule has 4 rings (SSSR count). The number of nitrogens with zero attached hydrogens (tertiary/aromatic N) is 2. The molecule has 0 bridgehead atoms. The zero-order chi connectivity index (χ0) is 17.4. The Labute approximate surface area is 158 Å². The van der Waals surface area contributed by atoms with Gasteiger partial charge >= 0.3 is 0 Å². The highest BCUT2D eigenvalue weighted by Gasteiger charge is 2.20. The summed E-state index contributed by atoms with van der Waals surface area (Å²) in [4.78, 5) is 2.37. The van der Waals surface area contributed by atoms with Gasteiger partial charge in [-0.05, 0) is 67.4 Å². The summed E-state index contributed by atoms with van der Waals surface area (Å²) in [6, 6.07) is 17.1. The Morgan fingerprint density at radius 3 is 2.44 bits per heavy atom. The molecule has 1 aromatic heterocycles. The van der Waals surface area contributed by atoms with Gasteiger partial charge in [0.05, 0.1) is 5.52 Å². The highest BCUT2D eigenvalue weighted by molar-refractivity contribution is 6.31. The van der Waals surface area contributed by atoms with Crippen molar-refractivity contribution in [3.8, 4) is 12.0 Å². The number of benzene rings is 2. The molecule has 4 heteroatoms. The summed E-state index contributed by atoms with van der Waals surface area (Å²) in [5.74, 6) is 3.27. The summed E-state index contributed by atoms with van der Waals surface area (Å²) in [7, 11) is 2.17. The third-order valence-corrected chi connectivity index (χ3v) is 5.26. The van der Waals surface area contributed by atoms with Gasteiger partial charge in [0.15, 0.2) is 0 Å². The number of halogens is 2. The van der Waals surface area contributed by atoms with Crippen molar-refractivity contribution in [1.82, 2.24) is 9.47 Å². The summed E-state index contributed by atoms with van der Waals surface area (Å²) in [6.45, 7) is 2.10. The lowest BCUT2D eigenvalue weighted by atomic mass is 10.1. The molecule has 0 unspecified atom stereocenters. The van der Waals surface area contributed by atoms with Crippen LogP contribution in [0.4, 0.5) is 0 Å². The minimum absolute atomic E-state index is 0.725. The molecule has 1 aliphatic rings. The van der Waals surface area contributed by atoms with Crippen LogP contribution in [0.2, 0.25) is 10.0 Å². The quantitative estimate of drug-likeness (QED) is 0.515. The molecule has 0 amide bonds. The first-order chi connectivity index (χ1) is 12.1. The highest BCUT2D eigenvalue weighted by Crippen LogP contribution is 2.30. The van der Waals surface area contributed by atoms with E-state index in [4.69, 9.17) is 23.2 Å². The zero-order valence-corrected chi connectivity index (χ0v) is 15.5. The Balaban J connectivity index is 1.87. The predicted molar refractivity (Wildman–Crippen MR) is 106 cm³/mol.